The lowest BCUT2D eigenvalue weighted by Gasteiger charge is -2.14. The van der Waals surface area contributed by atoms with Crippen LogP contribution in [0.2, 0.25) is 0 Å². The van der Waals surface area contributed by atoms with Gasteiger partial charge in [0, 0.05) is 5.56 Å². The smallest absolute Gasteiger partial charge is 0.216 e. The van der Waals surface area contributed by atoms with Gasteiger partial charge in [-0.1, -0.05) is 26.0 Å². The van der Waals surface area contributed by atoms with E-state index in [1.54, 1.807) is 22.2 Å². The van der Waals surface area contributed by atoms with E-state index in [4.69, 9.17) is 17.0 Å². The Morgan fingerprint density at radius 3 is 2.96 bits per heavy atom. The van der Waals surface area contributed by atoms with Crippen LogP contribution in [0.3, 0.4) is 0 Å². The summed E-state index contributed by atoms with van der Waals surface area (Å²) >= 11 is 6.89. The fourth-order valence-corrected chi connectivity index (χ4v) is 3.20. The SMILES string of the molecule is Cc1ccc(C(C)C)c(OCc2n[nH]c(=S)n2/N=C\c2ccsc2)c1. The van der Waals surface area contributed by atoms with Crippen molar-refractivity contribution in [2.24, 2.45) is 5.10 Å². The van der Waals surface area contributed by atoms with E-state index in [1.807, 2.05) is 16.8 Å². The molecular weight excluding hydrogens is 352 g/mol. The number of nitrogens with one attached hydrogen (secondary N) is 1. The van der Waals surface area contributed by atoms with Gasteiger partial charge >= 0.3 is 0 Å². The minimum Gasteiger partial charge on any atom is -0.485 e. The molecule has 7 heteroatoms. The van der Waals surface area contributed by atoms with Crippen LogP contribution in [-0.2, 0) is 6.61 Å². The molecule has 3 aromatic rings. The zero-order valence-corrected chi connectivity index (χ0v) is 16.0. The molecule has 1 N–H and O–H groups in total. The van der Waals surface area contributed by atoms with Crippen LogP contribution >= 0.6 is 23.6 Å². The highest BCUT2D eigenvalue weighted by Gasteiger charge is 2.11. The molecule has 2 aromatic heterocycles. The molecule has 0 radical (unpaired) electrons. The Hall–Kier alpha value is -2.25. The Morgan fingerprint density at radius 1 is 1.40 bits per heavy atom. The van der Waals surface area contributed by atoms with Gasteiger partial charge in [-0.2, -0.15) is 26.2 Å². The Bertz CT molecular complexity index is 923. The second-order valence-electron chi connectivity index (χ2n) is 6.04. The number of thiophene rings is 1. The normalized spacial score (nSPS) is 11.5. The maximum atomic E-state index is 6.03. The zero-order chi connectivity index (χ0) is 17.8. The number of aryl methyl sites for hydroxylation is 1. The van der Waals surface area contributed by atoms with Crippen LogP contribution < -0.4 is 4.74 Å². The molecule has 0 bridgehead atoms. The van der Waals surface area contributed by atoms with Gasteiger partial charge in [0.25, 0.3) is 0 Å². The van der Waals surface area contributed by atoms with Crippen LogP contribution in [0, 0.1) is 11.7 Å². The molecule has 0 fully saturated rings. The predicted octanol–water partition coefficient (Wildman–Crippen LogP) is 4.90. The molecule has 3 rings (SSSR count). The van der Waals surface area contributed by atoms with E-state index in [0.717, 1.165) is 16.9 Å². The Kier molecular flexibility index (Phi) is 5.45. The number of benzene rings is 1. The molecule has 0 spiro atoms. The van der Waals surface area contributed by atoms with Gasteiger partial charge in [0.2, 0.25) is 4.77 Å². The predicted molar refractivity (Wildman–Crippen MR) is 104 cm³/mol. The van der Waals surface area contributed by atoms with Gasteiger partial charge in [-0.15, -0.1) is 0 Å². The first-order valence-corrected chi connectivity index (χ1v) is 9.36. The summed E-state index contributed by atoms with van der Waals surface area (Å²) in [6, 6.07) is 8.26. The highest BCUT2D eigenvalue weighted by Crippen LogP contribution is 2.28. The molecule has 1 aromatic carbocycles. The molecule has 0 unspecified atom stereocenters. The molecule has 0 aliphatic carbocycles. The molecule has 25 heavy (non-hydrogen) atoms. The second kappa shape index (κ2) is 7.76. The first kappa shape index (κ1) is 17.6. The van der Waals surface area contributed by atoms with Crippen LogP contribution in [-0.4, -0.2) is 21.1 Å². The minimum atomic E-state index is 0.289. The summed E-state index contributed by atoms with van der Waals surface area (Å²) in [5.74, 6) is 1.89. The molecule has 0 aliphatic heterocycles. The summed E-state index contributed by atoms with van der Waals surface area (Å²) in [7, 11) is 0. The number of aromatic nitrogens is 3. The molecular formula is C18H20N4OS2. The van der Waals surface area contributed by atoms with Crippen LogP contribution in [0.4, 0.5) is 0 Å². The standard InChI is InChI=1S/C18H20N4OS2/c1-12(2)15-5-4-13(3)8-16(15)23-10-17-20-21-18(24)22(17)19-9-14-6-7-25-11-14/h4-9,11-12H,10H2,1-3H3,(H,21,24)/b19-9-. The van der Waals surface area contributed by atoms with Crippen LogP contribution in [0.1, 0.15) is 42.3 Å². The Labute approximate surface area is 156 Å². The van der Waals surface area contributed by atoms with Gasteiger partial charge in [-0.05, 0) is 59.1 Å². The maximum absolute atomic E-state index is 6.03. The topological polar surface area (TPSA) is 55.2 Å². The van der Waals surface area contributed by atoms with E-state index >= 15 is 0 Å². The van der Waals surface area contributed by atoms with Crippen LogP contribution in [0.25, 0.3) is 0 Å². The summed E-state index contributed by atoms with van der Waals surface area (Å²) in [4.78, 5) is 0. The van der Waals surface area contributed by atoms with Crippen molar-refractivity contribution < 1.29 is 4.74 Å². The minimum absolute atomic E-state index is 0.289. The van der Waals surface area contributed by atoms with Gasteiger partial charge in [-0.3, -0.25) is 0 Å². The first-order valence-electron chi connectivity index (χ1n) is 8.01. The summed E-state index contributed by atoms with van der Waals surface area (Å²) in [5.41, 5.74) is 3.36. The zero-order valence-electron chi connectivity index (χ0n) is 14.4. The lowest BCUT2D eigenvalue weighted by atomic mass is 10.0. The van der Waals surface area contributed by atoms with E-state index in [1.165, 1.54) is 5.56 Å². The van der Waals surface area contributed by atoms with Crippen molar-refractivity contribution in [2.45, 2.75) is 33.3 Å². The number of ether oxygens (including phenoxy) is 1. The molecule has 0 aliphatic rings. The highest BCUT2D eigenvalue weighted by atomic mass is 32.1. The third-order valence-electron chi connectivity index (χ3n) is 3.73. The third kappa shape index (κ3) is 4.24. The summed E-state index contributed by atoms with van der Waals surface area (Å²) in [6.07, 6.45) is 1.76. The number of rotatable bonds is 6. The van der Waals surface area contributed by atoms with Crippen molar-refractivity contribution >= 4 is 29.8 Å². The fraction of sp³-hybridized carbons (Fsp3) is 0.278. The lowest BCUT2D eigenvalue weighted by molar-refractivity contribution is 0.286. The molecule has 0 atom stereocenters. The van der Waals surface area contributed by atoms with Crippen molar-refractivity contribution in [3.63, 3.8) is 0 Å². The van der Waals surface area contributed by atoms with E-state index in [9.17, 15) is 0 Å². The average Bonchev–Trinajstić information content (AvgIpc) is 3.20. The van der Waals surface area contributed by atoms with Crippen LogP contribution in [0.15, 0.2) is 40.1 Å². The van der Waals surface area contributed by atoms with Crippen molar-refractivity contribution in [3.8, 4) is 5.75 Å². The monoisotopic (exact) mass is 372 g/mol. The lowest BCUT2D eigenvalue weighted by Crippen LogP contribution is -2.06. The van der Waals surface area contributed by atoms with E-state index in [2.05, 4.69) is 54.3 Å². The summed E-state index contributed by atoms with van der Waals surface area (Å²) in [6.45, 7) is 6.65. The van der Waals surface area contributed by atoms with Crippen molar-refractivity contribution in [1.82, 2.24) is 14.9 Å². The highest BCUT2D eigenvalue weighted by molar-refractivity contribution is 7.71. The Balaban J connectivity index is 1.81. The first-order chi connectivity index (χ1) is 12.0. The second-order valence-corrected chi connectivity index (χ2v) is 7.21. The average molecular weight is 373 g/mol. The maximum Gasteiger partial charge on any atom is 0.216 e. The van der Waals surface area contributed by atoms with E-state index < -0.39 is 0 Å². The number of nitrogens with zero attached hydrogens (tertiary/aromatic N) is 3. The van der Waals surface area contributed by atoms with Gasteiger partial charge in [-0.25, -0.2) is 5.10 Å². The van der Waals surface area contributed by atoms with Gasteiger partial charge in [0.1, 0.15) is 12.4 Å². The van der Waals surface area contributed by atoms with Gasteiger partial charge in [0.15, 0.2) is 5.82 Å². The largest absolute Gasteiger partial charge is 0.485 e. The number of hydrogen-bond donors (Lipinski definition) is 1. The van der Waals surface area contributed by atoms with Crippen molar-refractivity contribution in [3.05, 3.63) is 62.3 Å². The number of aromatic amines is 1. The molecule has 130 valence electrons. The fourth-order valence-electron chi connectivity index (χ4n) is 2.40. The van der Waals surface area contributed by atoms with Crippen molar-refractivity contribution in [2.75, 3.05) is 0 Å². The van der Waals surface area contributed by atoms with Gasteiger partial charge in [0.05, 0.1) is 6.21 Å². The van der Waals surface area contributed by atoms with E-state index in [0.29, 0.717) is 16.5 Å². The third-order valence-corrected chi connectivity index (χ3v) is 4.70. The Morgan fingerprint density at radius 2 is 2.24 bits per heavy atom. The number of H-pyrrole nitrogens is 1. The van der Waals surface area contributed by atoms with Crippen LogP contribution in [0.5, 0.6) is 5.75 Å². The summed E-state index contributed by atoms with van der Waals surface area (Å²) in [5, 5.41) is 15.5. The quantitative estimate of drug-likeness (QED) is 0.495. The molecule has 0 saturated heterocycles. The van der Waals surface area contributed by atoms with Gasteiger partial charge < -0.3 is 4.74 Å². The summed E-state index contributed by atoms with van der Waals surface area (Å²) < 4.78 is 8.07. The van der Waals surface area contributed by atoms with E-state index in [-0.39, 0.29) is 6.61 Å². The molecule has 0 saturated carbocycles. The molecule has 0 amide bonds. The van der Waals surface area contributed by atoms with Crippen molar-refractivity contribution in [1.29, 1.82) is 0 Å². The molecule has 2 heterocycles. The molecule has 5 nitrogen and oxygen atoms in total. The number of hydrogen-bond acceptors (Lipinski definition) is 5.